The Hall–Kier alpha value is -1.13. The van der Waals surface area contributed by atoms with E-state index in [0.29, 0.717) is 18.1 Å². The second-order valence-corrected chi connectivity index (χ2v) is 3.46. The normalized spacial score (nSPS) is 10.3. The van der Waals surface area contributed by atoms with E-state index in [1.54, 1.807) is 6.07 Å². The highest BCUT2D eigenvalue weighted by atomic mass is 35.5. The van der Waals surface area contributed by atoms with Crippen LogP contribution >= 0.6 is 11.6 Å². The first-order chi connectivity index (χ1) is 7.09. The van der Waals surface area contributed by atoms with Crippen LogP contribution in [0.3, 0.4) is 0 Å². The first-order valence-electron chi connectivity index (χ1n) is 4.46. The van der Waals surface area contributed by atoms with Gasteiger partial charge in [-0.25, -0.2) is 4.39 Å². The van der Waals surface area contributed by atoms with Gasteiger partial charge in [0.15, 0.2) is 0 Å². The molecule has 0 heterocycles. The van der Waals surface area contributed by atoms with Crippen molar-refractivity contribution < 1.29 is 14.3 Å². The number of halogens is 2. The summed E-state index contributed by atoms with van der Waals surface area (Å²) in [4.78, 5) is 10.2. The van der Waals surface area contributed by atoms with Crippen molar-refractivity contribution in [1.82, 2.24) is 5.32 Å². The molecule has 5 heteroatoms. The third-order valence-corrected chi connectivity index (χ3v) is 2.20. The molecule has 1 aromatic carbocycles. The number of carboxylic acid groups (broad SMARTS) is 1. The second-order valence-electron chi connectivity index (χ2n) is 3.06. The van der Waals surface area contributed by atoms with Crippen LogP contribution in [0.4, 0.5) is 4.39 Å². The number of carboxylic acids is 1. The molecule has 1 rings (SSSR count). The summed E-state index contributed by atoms with van der Waals surface area (Å²) in [6.07, 6.45) is 0.0544. The predicted octanol–water partition coefficient (Wildman–Crippen LogP) is 2.04. The summed E-state index contributed by atoms with van der Waals surface area (Å²) >= 11 is 5.77. The van der Waals surface area contributed by atoms with E-state index >= 15 is 0 Å². The summed E-state index contributed by atoms with van der Waals surface area (Å²) < 4.78 is 12.7. The van der Waals surface area contributed by atoms with Gasteiger partial charge in [0.05, 0.1) is 6.42 Å². The molecule has 2 N–H and O–H groups in total. The van der Waals surface area contributed by atoms with Gasteiger partial charge in [-0.15, -0.1) is 0 Å². The monoisotopic (exact) mass is 231 g/mol. The highest BCUT2D eigenvalue weighted by Gasteiger charge is 2.02. The largest absolute Gasteiger partial charge is 0.481 e. The maximum atomic E-state index is 12.7. The molecule has 82 valence electrons. The SMILES string of the molecule is O=C(O)CCNCc1ccc(F)cc1Cl. The lowest BCUT2D eigenvalue weighted by Crippen LogP contribution is -2.17. The van der Waals surface area contributed by atoms with Crippen LogP contribution in [-0.4, -0.2) is 17.6 Å². The van der Waals surface area contributed by atoms with Gasteiger partial charge in [0, 0.05) is 18.1 Å². The fourth-order valence-corrected chi connectivity index (χ4v) is 1.32. The van der Waals surface area contributed by atoms with Crippen LogP contribution in [-0.2, 0) is 11.3 Å². The minimum absolute atomic E-state index is 0.0544. The molecule has 3 nitrogen and oxygen atoms in total. The molecule has 0 unspecified atom stereocenters. The number of rotatable bonds is 5. The van der Waals surface area contributed by atoms with Gasteiger partial charge >= 0.3 is 5.97 Å². The molecule has 0 saturated carbocycles. The summed E-state index contributed by atoms with van der Waals surface area (Å²) in [6, 6.07) is 4.13. The lowest BCUT2D eigenvalue weighted by molar-refractivity contribution is -0.136. The van der Waals surface area contributed by atoms with Gasteiger partial charge in [-0.3, -0.25) is 4.79 Å². The Labute approximate surface area is 91.9 Å². The number of aliphatic carboxylic acids is 1. The Bertz CT molecular complexity index is 357. The van der Waals surface area contributed by atoms with E-state index in [-0.39, 0.29) is 12.2 Å². The molecule has 0 aliphatic rings. The molecule has 0 spiro atoms. The molecule has 0 saturated heterocycles. The quantitative estimate of drug-likeness (QED) is 0.763. The van der Waals surface area contributed by atoms with Crippen molar-refractivity contribution in [3.63, 3.8) is 0 Å². The van der Waals surface area contributed by atoms with Crippen molar-refractivity contribution in [2.45, 2.75) is 13.0 Å². The number of carbonyl (C=O) groups is 1. The Balaban J connectivity index is 2.40. The summed E-state index contributed by atoms with van der Waals surface area (Å²) in [7, 11) is 0. The molecule has 15 heavy (non-hydrogen) atoms. The van der Waals surface area contributed by atoms with Crippen molar-refractivity contribution in [3.05, 3.63) is 34.6 Å². The average Bonchev–Trinajstić information content (AvgIpc) is 2.14. The Morgan fingerprint density at radius 2 is 2.27 bits per heavy atom. The zero-order chi connectivity index (χ0) is 11.3. The maximum absolute atomic E-state index is 12.7. The average molecular weight is 232 g/mol. The Morgan fingerprint density at radius 1 is 1.53 bits per heavy atom. The van der Waals surface area contributed by atoms with Crippen LogP contribution < -0.4 is 5.32 Å². The molecule has 0 bridgehead atoms. The van der Waals surface area contributed by atoms with Crippen molar-refractivity contribution in [2.24, 2.45) is 0 Å². The smallest absolute Gasteiger partial charge is 0.304 e. The number of nitrogens with one attached hydrogen (secondary N) is 1. The Kier molecular flexibility index (Phi) is 4.52. The lowest BCUT2D eigenvalue weighted by Gasteiger charge is -2.05. The van der Waals surface area contributed by atoms with Crippen LogP contribution in [0.15, 0.2) is 18.2 Å². The van der Waals surface area contributed by atoms with Crippen LogP contribution in [0, 0.1) is 5.82 Å². The van der Waals surface area contributed by atoms with Gasteiger partial charge in [-0.05, 0) is 17.7 Å². The van der Waals surface area contributed by atoms with Crippen LogP contribution in [0.2, 0.25) is 5.02 Å². The molecule has 0 amide bonds. The van der Waals surface area contributed by atoms with E-state index in [1.807, 2.05) is 0 Å². The van der Waals surface area contributed by atoms with Crippen LogP contribution in [0.1, 0.15) is 12.0 Å². The van der Waals surface area contributed by atoms with Gasteiger partial charge in [-0.2, -0.15) is 0 Å². The molecule has 1 aromatic rings. The summed E-state index contributed by atoms with van der Waals surface area (Å²) in [5.41, 5.74) is 0.753. The molecule has 0 radical (unpaired) electrons. The first kappa shape index (κ1) is 11.9. The molecule has 0 aromatic heterocycles. The fraction of sp³-hybridized carbons (Fsp3) is 0.300. The highest BCUT2D eigenvalue weighted by molar-refractivity contribution is 6.31. The standard InChI is InChI=1S/C10H11ClFNO2/c11-9-5-8(12)2-1-7(9)6-13-4-3-10(14)15/h1-2,5,13H,3-4,6H2,(H,14,15). The summed E-state index contributed by atoms with van der Waals surface area (Å²) in [5, 5.41) is 11.6. The Morgan fingerprint density at radius 3 is 2.87 bits per heavy atom. The topological polar surface area (TPSA) is 49.3 Å². The number of benzene rings is 1. The second kappa shape index (κ2) is 5.68. The highest BCUT2D eigenvalue weighted by Crippen LogP contribution is 2.16. The zero-order valence-electron chi connectivity index (χ0n) is 7.96. The van der Waals surface area contributed by atoms with Crippen LogP contribution in [0.5, 0.6) is 0 Å². The van der Waals surface area contributed by atoms with Crippen molar-refractivity contribution in [1.29, 1.82) is 0 Å². The number of hydrogen-bond acceptors (Lipinski definition) is 2. The molecular weight excluding hydrogens is 221 g/mol. The zero-order valence-corrected chi connectivity index (χ0v) is 8.72. The van der Waals surface area contributed by atoms with E-state index in [0.717, 1.165) is 5.56 Å². The molecular formula is C10H11ClFNO2. The van der Waals surface area contributed by atoms with Gasteiger partial charge in [0.2, 0.25) is 0 Å². The van der Waals surface area contributed by atoms with Gasteiger partial charge in [0.25, 0.3) is 0 Å². The minimum Gasteiger partial charge on any atom is -0.481 e. The third kappa shape index (κ3) is 4.27. The molecule has 0 aliphatic carbocycles. The van der Waals surface area contributed by atoms with E-state index in [4.69, 9.17) is 16.7 Å². The minimum atomic E-state index is -0.854. The molecule has 0 atom stereocenters. The van der Waals surface area contributed by atoms with E-state index in [9.17, 15) is 9.18 Å². The van der Waals surface area contributed by atoms with Crippen molar-refractivity contribution in [2.75, 3.05) is 6.54 Å². The fourth-order valence-electron chi connectivity index (χ4n) is 1.08. The van der Waals surface area contributed by atoms with Crippen LogP contribution in [0.25, 0.3) is 0 Å². The van der Waals surface area contributed by atoms with Gasteiger partial charge in [-0.1, -0.05) is 17.7 Å². The predicted molar refractivity (Wildman–Crippen MR) is 55.4 cm³/mol. The van der Waals surface area contributed by atoms with Gasteiger partial charge < -0.3 is 10.4 Å². The summed E-state index contributed by atoms with van der Waals surface area (Å²) in [6.45, 7) is 0.801. The lowest BCUT2D eigenvalue weighted by atomic mass is 10.2. The maximum Gasteiger partial charge on any atom is 0.304 e. The van der Waals surface area contributed by atoms with Crippen molar-refractivity contribution >= 4 is 17.6 Å². The molecule has 0 aliphatic heterocycles. The van der Waals surface area contributed by atoms with E-state index < -0.39 is 5.97 Å². The van der Waals surface area contributed by atoms with Crippen molar-refractivity contribution in [3.8, 4) is 0 Å². The van der Waals surface area contributed by atoms with E-state index in [1.165, 1.54) is 12.1 Å². The molecule has 0 fully saturated rings. The number of hydrogen-bond donors (Lipinski definition) is 2. The van der Waals surface area contributed by atoms with E-state index in [2.05, 4.69) is 5.32 Å². The third-order valence-electron chi connectivity index (χ3n) is 1.85. The van der Waals surface area contributed by atoms with Gasteiger partial charge in [0.1, 0.15) is 5.82 Å². The first-order valence-corrected chi connectivity index (χ1v) is 4.84. The summed E-state index contributed by atoms with van der Waals surface area (Å²) in [5.74, 6) is -1.23.